The molecule has 0 aliphatic carbocycles. The number of rotatable bonds is 5. The maximum absolute atomic E-state index is 12.7. The van der Waals surface area contributed by atoms with E-state index in [9.17, 15) is 13.2 Å². The van der Waals surface area contributed by atoms with Gasteiger partial charge in [-0.1, -0.05) is 6.42 Å². The zero-order valence-electron chi connectivity index (χ0n) is 16.5. The Labute approximate surface area is 162 Å². The van der Waals surface area contributed by atoms with Crippen molar-refractivity contribution in [3.63, 3.8) is 0 Å². The van der Waals surface area contributed by atoms with E-state index in [-0.39, 0.29) is 5.91 Å². The monoisotopic (exact) mass is 393 g/mol. The number of nitrogens with one attached hydrogen (secondary N) is 2. The minimum atomic E-state index is -3.32. The van der Waals surface area contributed by atoms with Crippen LogP contribution in [0.25, 0.3) is 0 Å². The molecule has 2 N–H and O–H groups in total. The third-order valence-electron chi connectivity index (χ3n) is 5.78. The summed E-state index contributed by atoms with van der Waals surface area (Å²) in [5, 5.41) is 3.08. The number of carbonyl (C=O) groups is 1. The highest BCUT2D eigenvalue weighted by Crippen LogP contribution is 2.33. The number of carbonyl (C=O) groups excluding carboxylic acids is 1. The van der Waals surface area contributed by atoms with Crippen LogP contribution in [0.4, 0.5) is 11.4 Å². The van der Waals surface area contributed by atoms with Crippen LogP contribution < -0.4 is 10.0 Å². The lowest BCUT2D eigenvalue weighted by atomic mass is 9.81. The van der Waals surface area contributed by atoms with Crippen molar-refractivity contribution in [2.24, 2.45) is 5.92 Å². The van der Waals surface area contributed by atoms with Crippen molar-refractivity contribution in [1.29, 1.82) is 0 Å². The van der Waals surface area contributed by atoms with Crippen LogP contribution in [0.3, 0.4) is 0 Å². The van der Waals surface area contributed by atoms with Crippen LogP contribution >= 0.6 is 0 Å². The molecule has 2 heterocycles. The third kappa shape index (κ3) is 5.23. The first kappa shape index (κ1) is 20.1. The average Bonchev–Trinajstić information content (AvgIpc) is 2.57. The molecule has 1 aromatic rings. The largest absolute Gasteiger partial charge is 0.326 e. The fourth-order valence-corrected chi connectivity index (χ4v) is 5.22. The van der Waals surface area contributed by atoms with E-state index in [4.69, 9.17) is 0 Å². The highest BCUT2D eigenvalue weighted by atomic mass is 32.2. The fourth-order valence-electron chi connectivity index (χ4n) is 4.68. The lowest BCUT2D eigenvalue weighted by Gasteiger charge is -2.44. The molecule has 2 aliphatic rings. The Balaban J connectivity index is 1.67. The van der Waals surface area contributed by atoms with E-state index in [1.165, 1.54) is 38.8 Å². The summed E-state index contributed by atoms with van der Waals surface area (Å²) in [4.78, 5) is 15.3. The molecule has 2 fully saturated rings. The number of amides is 1. The number of fused-ring (bicyclic) bond motifs is 1. The molecule has 0 aromatic heterocycles. The molecule has 0 unspecified atom stereocenters. The number of benzene rings is 1. The van der Waals surface area contributed by atoms with Crippen LogP contribution in [0.15, 0.2) is 12.1 Å². The van der Waals surface area contributed by atoms with Crippen molar-refractivity contribution >= 4 is 27.3 Å². The number of hydrogen-bond donors (Lipinski definition) is 2. The van der Waals surface area contributed by atoms with Crippen LogP contribution in [-0.4, -0.2) is 44.6 Å². The van der Waals surface area contributed by atoms with Crippen molar-refractivity contribution < 1.29 is 13.2 Å². The van der Waals surface area contributed by atoms with Gasteiger partial charge >= 0.3 is 0 Å². The molecule has 0 spiro atoms. The molecule has 2 aliphatic heterocycles. The normalized spacial score (nSPS) is 23.5. The molecule has 1 amide bonds. The van der Waals surface area contributed by atoms with Crippen molar-refractivity contribution in [3.05, 3.63) is 23.3 Å². The summed E-state index contributed by atoms with van der Waals surface area (Å²) in [5.41, 5.74) is 3.03. The Morgan fingerprint density at radius 3 is 2.44 bits per heavy atom. The topological polar surface area (TPSA) is 78.5 Å². The second-order valence-corrected chi connectivity index (χ2v) is 9.86. The molecule has 2 atom stereocenters. The molecule has 27 heavy (non-hydrogen) atoms. The predicted octanol–water partition coefficient (Wildman–Crippen LogP) is 3.27. The summed E-state index contributed by atoms with van der Waals surface area (Å²) >= 11 is 0. The number of sulfonamides is 1. The van der Waals surface area contributed by atoms with E-state index in [0.29, 0.717) is 24.1 Å². The molecule has 0 saturated carbocycles. The van der Waals surface area contributed by atoms with Crippen LogP contribution in [0.1, 0.15) is 49.7 Å². The van der Waals surface area contributed by atoms with Crippen LogP contribution in [0.5, 0.6) is 0 Å². The molecule has 7 heteroatoms. The second-order valence-electron chi connectivity index (χ2n) is 8.11. The third-order valence-corrected chi connectivity index (χ3v) is 6.38. The van der Waals surface area contributed by atoms with Crippen molar-refractivity contribution in [2.75, 3.05) is 29.4 Å². The van der Waals surface area contributed by atoms with Crippen LogP contribution in [0.2, 0.25) is 0 Å². The Hall–Kier alpha value is -1.60. The van der Waals surface area contributed by atoms with Gasteiger partial charge in [0.05, 0.1) is 6.26 Å². The van der Waals surface area contributed by atoms with Crippen molar-refractivity contribution in [3.8, 4) is 0 Å². The van der Waals surface area contributed by atoms with E-state index < -0.39 is 10.0 Å². The Bertz CT molecular complexity index is 782. The number of nitrogens with zero attached hydrogens (tertiary/aromatic N) is 1. The molecule has 6 nitrogen and oxygen atoms in total. The van der Waals surface area contributed by atoms with Gasteiger partial charge in [0.25, 0.3) is 0 Å². The highest BCUT2D eigenvalue weighted by molar-refractivity contribution is 7.92. The minimum Gasteiger partial charge on any atom is -0.326 e. The number of hydrogen-bond acceptors (Lipinski definition) is 4. The van der Waals surface area contributed by atoms with Gasteiger partial charge in [0.2, 0.25) is 15.9 Å². The number of piperidine rings is 2. The average molecular weight is 394 g/mol. The smallest absolute Gasteiger partial charge is 0.229 e. The van der Waals surface area contributed by atoms with Gasteiger partial charge in [0.1, 0.15) is 0 Å². The quantitative estimate of drug-likeness (QED) is 0.805. The molecule has 0 bridgehead atoms. The number of aryl methyl sites for hydroxylation is 2. The van der Waals surface area contributed by atoms with Gasteiger partial charge < -0.3 is 10.2 Å². The van der Waals surface area contributed by atoms with E-state index in [2.05, 4.69) is 14.9 Å². The lowest BCUT2D eigenvalue weighted by molar-refractivity contribution is -0.118. The van der Waals surface area contributed by atoms with Crippen LogP contribution in [0, 0.1) is 19.8 Å². The fraction of sp³-hybridized carbons (Fsp3) is 0.650. The van der Waals surface area contributed by atoms with Gasteiger partial charge in [-0.15, -0.1) is 0 Å². The van der Waals surface area contributed by atoms with Crippen molar-refractivity contribution in [1.82, 2.24) is 4.90 Å². The van der Waals surface area contributed by atoms with Crippen LogP contribution in [-0.2, 0) is 14.8 Å². The Kier molecular flexibility index (Phi) is 6.11. The summed E-state index contributed by atoms with van der Waals surface area (Å²) in [7, 11) is -3.32. The first-order chi connectivity index (χ1) is 12.7. The van der Waals surface area contributed by atoms with E-state index in [1.807, 2.05) is 13.8 Å². The van der Waals surface area contributed by atoms with Gasteiger partial charge in [0.15, 0.2) is 0 Å². The molecular weight excluding hydrogens is 362 g/mol. The summed E-state index contributed by atoms with van der Waals surface area (Å²) in [5.74, 6) is 0.494. The minimum absolute atomic E-state index is 0.0578. The van der Waals surface area contributed by atoms with Crippen molar-refractivity contribution in [2.45, 2.75) is 58.4 Å². The first-order valence-corrected chi connectivity index (χ1v) is 11.7. The molecule has 0 radical (unpaired) electrons. The van der Waals surface area contributed by atoms with Gasteiger partial charge in [-0.25, -0.2) is 8.42 Å². The SMILES string of the molecule is Cc1cc(NS(C)(=O)=O)cc(C)c1NC(=O)C[C@@H]1CCCN2CCCC[C@H]12. The molecule has 150 valence electrons. The number of anilines is 2. The molecule has 1 aromatic carbocycles. The zero-order valence-corrected chi connectivity index (χ0v) is 17.4. The maximum atomic E-state index is 12.7. The maximum Gasteiger partial charge on any atom is 0.229 e. The standard InChI is InChI=1S/C20H31N3O3S/c1-14-11-17(22-27(3,25)26)12-15(2)20(14)21-19(24)13-16-7-6-10-23-9-5-4-8-18(16)23/h11-12,16,18,22H,4-10,13H2,1-3H3,(H,21,24)/t16-,18+/m0/s1. The Morgan fingerprint density at radius 1 is 1.11 bits per heavy atom. The van der Waals surface area contributed by atoms with Gasteiger partial charge in [-0.2, -0.15) is 0 Å². The van der Waals surface area contributed by atoms with E-state index >= 15 is 0 Å². The summed E-state index contributed by atoms with van der Waals surface area (Å²) in [6.07, 6.45) is 7.76. The molecule has 3 rings (SSSR count). The van der Waals surface area contributed by atoms with Gasteiger partial charge in [-0.3, -0.25) is 9.52 Å². The van der Waals surface area contributed by atoms with E-state index in [0.717, 1.165) is 29.5 Å². The predicted molar refractivity (Wildman–Crippen MR) is 110 cm³/mol. The second kappa shape index (κ2) is 8.19. The van der Waals surface area contributed by atoms with Gasteiger partial charge in [-0.05, 0) is 81.8 Å². The summed E-state index contributed by atoms with van der Waals surface area (Å²) in [6.45, 7) is 6.13. The summed E-state index contributed by atoms with van der Waals surface area (Å²) in [6, 6.07) is 4.07. The zero-order chi connectivity index (χ0) is 19.6. The van der Waals surface area contributed by atoms with E-state index in [1.54, 1.807) is 12.1 Å². The first-order valence-electron chi connectivity index (χ1n) is 9.86. The summed E-state index contributed by atoms with van der Waals surface area (Å²) < 4.78 is 25.4. The van der Waals surface area contributed by atoms with Gasteiger partial charge in [0, 0.05) is 23.8 Å². The molecular formula is C20H31N3O3S. The molecule has 2 saturated heterocycles. The highest BCUT2D eigenvalue weighted by Gasteiger charge is 2.34. The Morgan fingerprint density at radius 2 is 1.78 bits per heavy atom. The lowest BCUT2D eigenvalue weighted by Crippen LogP contribution is -2.48.